The predicted octanol–water partition coefficient (Wildman–Crippen LogP) is 4.43. The average molecular weight is 568 g/mol. The molecule has 0 aromatic heterocycles. The van der Waals surface area contributed by atoms with Gasteiger partial charge in [0.2, 0.25) is 0 Å². The lowest BCUT2D eigenvalue weighted by atomic mass is 10.00. The van der Waals surface area contributed by atoms with Crippen LogP contribution in [0.15, 0.2) is 30.3 Å². The first-order chi connectivity index (χ1) is 14.7. The van der Waals surface area contributed by atoms with Crippen LogP contribution in [0, 0.1) is 26.9 Å². The number of nitrogens with one attached hydrogen (secondary N) is 3. The summed E-state index contributed by atoms with van der Waals surface area (Å²) in [6, 6.07) is 6.12. The summed E-state index contributed by atoms with van der Waals surface area (Å²) in [5.41, 5.74) is -0.787. The van der Waals surface area contributed by atoms with Gasteiger partial charge in [0, 0.05) is 16.7 Å². The summed E-state index contributed by atoms with van der Waals surface area (Å²) in [5, 5.41) is 5.71. The quantitative estimate of drug-likeness (QED) is 0.413. The summed E-state index contributed by atoms with van der Waals surface area (Å²) < 4.78 is 72.9. The molecule has 0 radical (unpaired) electrons. The molecular weight excluding hydrogens is 544 g/mol. The molecule has 1 heterocycles. The van der Waals surface area contributed by atoms with Crippen LogP contribution in [0.2, 0.25) is 0 Å². The highest BCUT2D eigenvalue weighted by atomic mass is 127. The second kappa shape index (κ2) is 10.4. The number of hydrogen-bond acceptors (Lipinski definition) is 4. The minimum atomic E-state index is -4.02. The molecule has 0 amide bonds. The predicted molar refractivity (Wildman–Crippen MR) is 124 cm³/mol. The Balaban J connectivity index is 1.86. The fourth-order valence-electron chi connectivity index (χ4n) is 3.45. The molecule has 1 unspecified atom stereocenters. The fourth-order valence-corrected chi connectivity index (χ4v) is 5.25. The summed E-state index contributed by atoms with van der Waals surface area (Å²) in [5.74, 6) is -3.00. The molecule has 1 saturated heterocycles. The van der Waals surface area contributed by atoms with Crippen LogP contribution in [0.4, 0.5) is 30.2 Å². The third-order valence-electron chi connectivity index (χ3n) is 5.03. The monoisotopic (exact) mass is 568 g/mol. The van der Waals surface area contributed by atoms with Crippen molar-refractivity contribution >= 4 is 49.9 Å². The van der Waals surface area contributed by atoms with Gasteiger partial charge in [0.05, 0.1) is 11.4 Å². The van der Waals surface area contributed by atoms with Crippen LogP contribution in [0.25, 0.3) is 0 Å². The Bertz CT molecular complexity index is 1040. The largest absolute Gasteiger partial charge is 0.349 e. The molecule has 1 aliphatic rings. The number of hydrogen-bond donors (Lipinski definition) is 3. The van der Waals surface area contributed by atoms with Gasteiger partial charge >= 0.3 is 10.2 Å². The van der Waals surface area contributed by atoms with Crippen molar-refractivity contribution in [3.63, 3.8) is 0 Å². The summed E-state index contributed by atoms with van der Waals surface area (Å²) in [4.78, 5) is 0. The van der Waals surface area contributed by atoms with Crippen LogP contribution in [-0.4, -0.2) is 38.9 Å². The number of anilines is 3. The number of halogens is 4. The number of rotatable bonds is 8. The van der Waals surface area contributed by atoms with E-state index in [2.05, 4.69) is 15.4 Å². The molecule has 1 atom stereocenters. The van der Waals surface area contributed by atoms with Crippen LogP contribution in [-0.2, 0) is 10.2 Å². The number of piperidine rings is 1. The zero-order chi connectivity index (χ0) is 22.6. The van der Waals surface area contributed by atoms with E-state index in [1.165, 1.54) is 16.4 Å². The van der Waals surface area contributed by atoms with Crippen LogP contribution < -0.4 is 15.4 Å². The Hall–Kier alpha value is -1.57. The molecule has 31 heavy (non-hydrogen) atoms. The highest BCUT2D eigenvalue weighted by molar-refractivity contribution is 14.1. The van der Waals surface area contributed by atoms with E-state index in [1.807, 2.05) is 29.5 Å². The molecule has 6 nitrogen and oxygen atoms in total. The molecule has 0 bridgehead atoms. The van der Waals surface area contributed by atoms with Crippen molar-refractivity contribution in [1.29, 1.82) is 0 Å². The van der Waals surface area contributed by atoms with Crippen LogP contribution in [0.5, 0.6) is 0 Å². The van der Waals surface area contributed by atoms with E-state index in [4.69, 9.17) is 0 Å². The van der Waals surface area contributed by atoms with Gasteiger partial charge in [0.25, 0.3) is 0 Å². The van der Waals surface area contributed by atoms with Crippen molar-refractivity contribution in [2.75, 3.05) is 36.2 Å². The van der Waals surface area contributed by atoms with Gasteiger partial charge in [-0.15, -0.1) is 0 Å². The Kier molecular flexibility index (Phi) is 8.05. The van der Waals surface area contributed by atoms with Crippen LogP contribution in [0.3, 0.4) is 0 Å². The average Bonchev–Trinajstić information content (AvgIpc) is 2.73. The van der Waals surface area contributed by atoms with E-state index in [-0.39, 0.29) is 17.3 Å². The second-order valence-electron chi connectivity index (χ2n) is 7.31. The first-order valence-corrected chi connectivity index (χ1v) is 12.4. The molecule has 3 N–H and O–H groups in total. The summed E-state index contributed by atoms with van der Waals surface area (Å²) in [7, 11) is -4.02. The maximum absolute atomic E-state index is 14.6. The van der Waals surface area contributed by atoms with Crippen molar-refractivity contribution in [1.82, 2.24) is 9.62 Å². The van der Waals surface area contributed by atoms with E-state index < -0.39 is 33.3 Å². The molecule has 2 aromatic rings. The van der Waals surface area contributed by atoms with Gasteiger partial charge < -0.3 is 10.6 Å². The Morgan fingerprint density at radius 1 is 1.13 bits per heavy atom. The highest BCUT2D eigenvalue weighted by Crippen LogP contribution is 2.33. The van der Waals surface area contributed by atoms with E-state index in [0.29, 0.717) is 29.6 Å². The van der Waals surface area contributed by atoms with E-state index in [9.17, 15) is 21.6 Å². The van der Waals surface area contributed by atoms with Gasteiger partial charge in [-0.2, -0.15) is 12.7 Å². The number of benzene rings is 2. The van der Waals surface area contributed by atoms with Crippen molar-refractivity contribution in [2.45, 2.75) is 19.8 Å². The first-order valence-electron chi connectivity index (χ1n) is 9.90. The highest BCUT2D eigenvalue weighted by Gasteiger charge is 2.30. The molecule has 3 rings (SSSR count). The second-order valence-corrected chi connectivity index (χ2v) is 10.2. The minimum Gasteiger partial charge on any atom is -0.349 e. The Labute approximate surface area is 193 Å². The minimum absolute atomic E-state index is 0.103. The van der Waals surface area contributed by atoms with Gasteiger partial charge in [-0.05, 0) is 84.8 Å². The van der Waals surface area contributed by atoms with E-state index in [0.717, 1.165) is 25.1 Å². The summed E-state index contributed by atoms with van der Waals surface area (Å²) in [6.07, 6.45) is 1.61. The Morgan fingerprint density at radius 2 is 1.87 bits per heavy atom. The SMILES string of the molecule is CCNCC1CCCN(S(=O)(=O)Nc2ccc(F)c(F)c2Nc2ccc(I)cc2F)C1. The van der Waals surface area contributed by atoms with Gasteiger partial charge in [0.15, 0.2) is 11.6 Å². The van der Waals surface area contributed by atoms with Crippen LogP contribution in [0.1, 0.15) is 19.8 Å². The maximum atomic E-state index is 14.6. The molecule has 1 fully saturated rings. The molecule has 1 aliphatic heterocycles. The molecule has 2 aromatic carbocycles. The van der Waals surface area contributed by atoms with Crippen LogP contribution >= 0.6 is 22.6 Å². The van der Waals surface area contributed by atoms with Gasteiger partial charge in [0.1, 0.15) is 11.5 Å². The third-order valence-corrected chi connectivity index (χ3v) is 7.19. The molecule has 0 aliphatic carbocycles. The van der Waals surface area contributed by atoms with E-state index >= 15 is 0 Å². The van der Waals surface area contributed by atoms with Crippen molar-refractivity contribution < 1.29 is 21.6 Å². The molecular formula is C20H24F3IN4O2S. The zero-order valence-electron chi connectivity index (χ0n) is 16.9. The third kappa shape index (κ3) is 6.02. The number of nitrogens with zero attached hydrogens (tertiary/aromatic N) is 1. The molecule has 0 spiro atoms. The van der Waals surface area contributed by atoms with Crippen molar-refractivity contribution in [2.24, 2.45) is 5.92 Å². The lowest BCUT2D eigenvalue weighted by Gasteiger charge is -2.32. The Morgan fingerprint density at radius 3 is 2.58 bits per heavy atom. The van der Waals surface area contributed by atoms with Crippen molar-refractivity contribution in [3.05, 3.63) is 51.4 Å². The standard InChI is InChI=1S/C20H24F3IN4O2S/c1-2-25-11-13-4-3-9-28(12-13)31(29,30)27-18-8-6-15(21)19(23)20(18)26-17-7-5-14(24)10-16(17)22/h5-8,10,13,25-27H,2-4,9,11-12H2,1H3. The molecule has 11 heteroatoms. The lowest BCUT2D eigenvalue weighted by Crippen LogP contribution is -2.45. The maximum Gasteiger partial charge on any atom is 0.301 e. The van der Waals surface area contributed by atoms with Crippen molar-refractivity contribution in [3.8, 4) is 0 Å². The first kappa shape index (κ1) is 24.1. The normalized spacial score (nSPS) is 17.5. The van der Waals surface area contributed by atoms with Gasteiger partial charge in [-0.1, -0.05) is 6.92 Å². The fraction of sp³-hybridized carbons (Fsp3) is 0.400. The molecule has 0 saturated carbocycles. The topological polar surface area (TPSA) is 73.5 Å². The van der Waals surface area contributed by atoms with E-state index in [1.54, 1.807) is 6.07 Å². The lowest BCUT2D eigenvalue weighted by molar-refractivity contribution is 0.262. The van der Waals surface area contributed by atoms with Gasteiger partial charge in [-0.25, -0.2) is 13.2 Å². The summed E-state index contributed by atoms with van der Waals surface area (Å²) >= 11 is 1.92. The summed E-state index contributed by atoms with van der Waals surface area (Å²) in [6.45, 7) is 4.12. The smallest absolute Gasteiger partial charge is 0.301 e. The zero-order valence-corrected chi connectivity index (χ0v) is 19.9. The molecule has 170 valence electrons. The van der Waals surface area contributed by atoms with Gasteiger partial charge in [-0.3, -0.25) is 4.72 Å².